The molecule has 3 aromatic heterocycles. The first-order valence-corrected chi connectivity index (χ1v) is 9.54. The van der Waals surface area contributed by atoms with Gasteiger partial charge < -0.3 is 10.1 Å². The average molecular weight is 388 g/mol. The number of pyridine rings is 1. The topological polar surface area (TPSA) is 86.9 Å². The lowest BCUT2D eigenvalue weighted by Crippen LogP contribution is -2.24. The number of para-hydroxylation sites is 1. The molecular weight excluding hydrogens is 368 g/mol. The Labute approximate surface area is 166 Å². The minimum Gasteiger partial charge on any atom is -0.481 e. The summed E-state index contributed by atoms with van der Waals surface area (Å²) in [6, 6.07) is 13.2. The zero-order chi connectivity index (χ0) is 19.8. The average Bonchev–Trinajstić information content (AvgIpc) is 3.54. The Kier molecular flexibility index (Phi) is 4.23. The molecule has 1 aliphatic carbocycles. The molecule has 1 aliphatic rings. The normalized spacial score (nSPS) is 13.6. The molecule has 0 atom stereocenters. The van der Waals surface area contributed by atoms with Crippen molar-refractivity contribution in [1.29, 1.82) is 0 Å². The van der Waals surface area contributed by atoms with E-state index in [1.54, 1.807) is 34.7 Å². The highest BCUT2D eigenvalue weighted by Gasteiger charge is 2.26. The highest BCUT2D eigenvalue weighted by atomic mass is 16.5. The van der Waals surface area contributed by atoms with Gasteiger partial charge in [-0.3, -0.25) is 4.57 Å². The molecule has 1 N–H and O–H groups in total. The summed E-state index contributed by atoms with van der Waals surface area (Å²) < 4.78 is 8.52. The molecule has 0 spiro atoms. The van der Waals surface area contributed by atoms with Crippen LogP contribution in [0.1, 0.15) is 12.8 Å². The number of aromatic nitrogens is 5. The third-order valence-corrected chi connectivity index (χ3v) is 5.03. The number of imidazole rings is 1. The lowest BCUT2D eigenvalue weighted by atomic mass is 10.3. The molecule has 0 amide bonds. The first-order chi connectivity index (χ1) is 14.2. The van der Waals surface area contributed by atoms with Crippen molar-refractivity contribution in [2.24, 2.45) is 5.92 Å². The minimum atomic E-state index is -0.0873. The van der Waals surface area contributed by atoms with Gasteiger partial charge in [0.25, 0.3) is 0 Å². The standard InChI is InChI=1S/C21H20N6O2/c1-29-18-10-9-15(11-22-18)24-20-23-12-17-19(25-20)27(16-5-3-2-4-6-16)21(28)26(17)13-14-7-8-14/h2-6,9-12,14H,7-8,13H2,1H3,(H,23,24,25). The maximum atomic E-state index is 13.2. The number of anilines is 2. The highest BCUT2D eigenvalue weighted by molar-refractivity contribution is 5.75. The number of methoxy groups -OCH3 is 1. The van der Waals surface area contributed by atoms with Crippen LogP contribution in [0, 0.1) is 5.92 Å². The predicted octanol–water partition coefficient (Wildman–Crippen LogP) is 3.14. The predicted molar refractivity (Wildman–Crippen MR) is 110 cm³/mol. The molecule has 29 heavy (non-hydrogen) atoms. The lowest BCUT2D eigenvalue weighted by Gasteiger charge is -2.06. The van der Waals surface area contributed by atoms with Gasteiger partial charge in [-0.05, 0) is 37.0 Å². The summed E-state index contributed by atoms with van der Waals surface area (Å²) >= 11 is 0. The van der Waals surface area contributed by atoms with Crippen molar-refractivity contribution in [3.8, 4) is 11.6 Å². The van der Waals surface area contributed by atoms with E-state index in [1.165, 1.54) is 0 Å². The van der Waals surface area contributed by atoms with Crippen LogP contribution in [0.2, 0.25) is 0 Å². The van der Waals surface area contributed by atoms with Crippen LogP contribution in [0.15, 0.2) is 59.7 Å². The molecule has 0 saturated heterocycles. The van der Waals surface area contributed by atoms with Crippen molar-refractivity contribution in [1.82, 2.24) is 24.1 Å². The van der Waals surface area contributed by atoms with E-state index < -0.39 is 0 Å². The van der Waals surface area contributed by atoms with Gasteiger partial charge in [0, 0.05) is 12.6 Å². The van der Waals surface area contributed by atoms with Gasteiger partial charge in [-0.25, -0.2) is 19.3 Å². The quantitative estimate of drug-likeness (QED) is 0.546. The van der Waals surface area contributed by atoms with E-state index in [-0.39, 0.29) is 5.69 Å². The largest absolute Gasteiger partial charge is 0.481 e. The Morgan fingerprint density at radius 1 is 1.10 bits per heavy atom. The monoisotopic (exact) mass is 388 g/mol. The number of benzene rings is 1. The fourth-order valence-electron chi connectivity index (χ4n) is 3.34. The molecular formula is C21H20N6O2. The van der Waals surface area contributed by atoms with Gasteiger partial charge >= 0.3 is 5.69 Å². The minimum absolute atomic E-state index is 0.0873. The number of hydrogen-bond acceptors (Lipinski definition) is 6. The van der Waals surface area contributed by atoms with Gasteiger partial charge in [0.15, 0.2) is 5.65 Å². The number of rotatable bonds is 6. The van der Waals surface area contributed by atoms with Crippen LogP contribution in [0.25, 0.3) is 16.9 Å². The van der Waals surface area contributed by atoms with Gasteiger partial charge in [0.2, 0.25) is 11.8 Å². The Balaban J connectivity index is 1.60. The summed E-state index contributed by atoms with van der Waals surface area (Å²) in [6.07, 6.45) is 5.69. The van der Waals surface area contributed by atoms with Crippen molar-refractivity contribution in [3.05, 3.63) is 65.3 Å². The van der Waals surface area contributed by atoms with E-state index in [0.29, 0.717) is 29.9 Å². The zero-order valence-electron chi connectivity index (χ0n) is 15.9. The molecule has 8 heteroatoms. The summed E-state index contributed by atoms with van der Waals surface area (Å²) in [5.41, 5.74) is 2.75. The summed E-state index contributed by atoms with van der Waals surface area (Å²) in [7, 11) is 1.57. The van der Waals surface area contributed by atoms with Crippen molar-refractivity contribution >= 4 is 22.8 Å². The van der Waals surface area contributed by atoms with E-state index in [9.17, 15) is 4.79 Å². The summed E-state index contributed by atoms with van der Waals surface area (Å²) in [5.74, 6) is 1.49. The molecule has 1 saturated carbocycles. The second kappa shape index (κ2) is 7.05. The molecule has 3 heterocycles. The molecule has 0 aliphatic heterocycles. The Morgan fingerprint density at radius 2 is 1.93 bits per heavy atom. The van der Waals surface area contributed by atoms with Crippen molar-refractivity contribution in [3.63, 3.8) is 0 Å². The fraction of sp³-hybridized carbons (Fsp3) is 0.238. The molecule has 0 bridgehead atoms. The Morgan fingerprint density at radius 3 is 2.62 bits per heavy atom. The third kappa shape index (κ3) is 3.33. The smallest absolute Gasteiger partial charge is 0.335 e. The van der Waals surface area contributed by atoms with Crippen LogP contribution in [0.5, 0.6) is 5.88 Å². The second-order valence-electron chi connectivity index (χ2n) is 7.12. The van der Waals surface area contributed by atoms with E-state index in [2.05, 4.69) is 20.3 Å². The second-order valence-corrected chi connectivity index (χ2v) is 7.12. The van der Waals surface area contributed by atoms with E-state index >= 15 is 0 Å². The molecule has 0 unspecified atom stereocenters. The Bertz CT molecular complexity index is 1210. The zero-order valence-corrected chi connectivity index (χ0v) is 15.9. The Hall–Kier alpha value is -3.68. The van der Waals surface area contributed by atoms with Gasteiger partial charge in [-0.15, -0.1) is 0 Å². The molecule has 0 radical (unpaired) electrons. The molecule has 146 valence electrons. The van der Waals surface area contributed by atoms with Crippen LogP contribution in [-0.4, -0.2) is 31.2 Å². The summed E-state index contributed by atoms with van der Waals surface area (Å²) in [5, 5.41) is 3.14. The number of hydrogen-bond donors (Lipinski definition) is 1. The van der Waals surface area contributed by atoms with Gasteiger partial charge in [0.1, 0.15) is 5.52 Å². The molecule has 5 rings (SSSR count). The molecule has 4 aromatic rings. The van der Waals surface area contributed by atoms with Crippen LogP contribution < -0.4 is 15.7 Å². The summed E-state index contributed by atoms with van der Waals surface area (Å²) in [6.45, 7) is 0.702. The van der Waals surface area contributed by atoms with Gasteiger partial charge in [0.05, 0.1) is 30.9 Å². The SMILES string of the molecule is COc1ccc(Nc2ncc3c(n2)n(-c2ccccc2)c(=O)n3CC2CC2)cn1. The maximum absolute atomic E-state index is 13.2. The number of ether oxygens (including phenoxy) is 1. The van der Waals surface area contributed by atoms with Crippen LogP contribution >= 0.6 is 0 Å². The van der Waals surface area contributed by atoms with Crippen LogP contribution in [-0.2, 0) is 6.54 Å². The van der Waals surface area contributed by atoms with E-state index in [4.69, 9.17) is 4.74 Å². The third-order valence-electron chi connectivity index (χ3n) is 5.03. The first kappa shape index (κ1) is 17.4. The summed E-state index contributed by atoms with van der Waals surface area (Å²) in [4.78, 5) is 26.5. The number of nitrogens with one attached hydrogen (secondary N) is 1. The van der Waals surface area contributed by atoms with E-state index in [0.717, 1.165) is 29.7 Å². The van der Waals surface area contributed by atoms with Crippen molar-refractivity contribution in [2.45, 2.75) is 19.4 Å². The molecule has 8 nitrogen and oxygen atoms in total. The maximum Gasteiger partial charge on any atom is 0.335 e. The van der Waals surface area contributed by atoms with E-state index in [1.807, 2.05) is 36.4 Å². The number of nitrogens with zero attached hydrogens (tertiary/aromatic N) is 5. The molecule has 1 fully saturated rings. The van der Waals surface area contributed by atoms with Crippen molar-refractivity contribution in [2.75, 3.05) is 12.4 Å². The lowest BCUT2D eigenvalue weighted by molar-refractivity contribution is 0.398. The first-order valence-electron chi connectivity index (χ1n) is 9.54. The highest BCUT2D eigenvalue weighted by Crippen LogP contribution is 2.31. The number of fused-ring (bicyclic) bond motifs is 1. The van der Waals surface area contributed by atoms with Crippen molar-refractivity contribution < 1.29 is 4.74 Å². The fourth-order valence-corrected chi connectivity index (χ4v) is 3.34. The molecule has 1 aromatic carbocycles. The van der Waals surface area contributed by atoms with Gasteiger partial charge in [-0.2, -0.15) is 4.98 Å². The van der Waals surface area contributed by atoms with Crippen LogP contribution in [0.4, 0.5) is 11.6 Å². The van der Waals surface area contributed by atoms with Crippen LogP contribution in [0.3, 0.4) is 0 Å². The van der Waals surface area contributed by atoms with Gasteiger partial charge in [-0.1, -0.05) is 18.2 Å².